The van der Waals surface area contributed by atoms with Gasteiger partial charge in [0.25, 0.3) is 0 Å². The molecule has 0 bridgehead atoms. The van der Waals surface area contributed by atoms with Crippen molar-refractivity contribution in [3.05, 3.63) is 83.0 Å². The Morgan fingerprint density at radius 1 is 1.20 bits per heavy atom. The highest BCUT2D eigenvalue weighted by molar-refractivity contribution is 6.30. The molecule has 0 aliphatic carbocycles. The van der Waals surface area contributed by atoms with E-state index in [0.29, 0.717) is 33.9 Å². The number of carbonyl (C=O) groups is 1. The van der Waals surface area contributed by atoms with Gasteiger partial charge < -0.3 is 4.74 Å². The number of esters is 1. The van der Waals surface area contributed by atoms with Crippen LogP contribution < -0.4 is 0 Å². The summed E-state index contributed by atoms with van der Waals surface area (Å²) in [6, 6.07) is 20.6. The van der Waals surface area contributed by atoms with Crippen LogP contribution in [-0.2, 0) is 11.3 Å². The number of carbonyl (C=O) groups excluding carboxylic acids is 1. The molecular weight excluding hydrogens is 400 g/mol. The Morgan fingerprint density at radius 2 is 1.93 bits per heavy atom. The van der Waals surface area contributed by atoms with E-state index in [1.165, 1.54) is 6.92 Å². The molecular formula is C23H17ClN4O2. The fourth-order valence-electron chi connectivity index (χ4n) is 3.10. The smallest absolute Gasteiger partial charge is 0.340 e. The Hall–Kier alpha value is -3.69. The van der Waals surface area contributed by atoms with Crippen molar-refractivity contribution in [2.75, 3.05) is 0 Å². The maximum Gasteiger partial charge on any atom is 0.340 e. The molecule has 0 saturated heterocycles. The molecule has 0 spiro atoms. The van der Waals surface area contributed by atoms with Gasteiger partial charge in [0.15, 0.2) is 11.8 Å². The SMILES string of the molecule is C[C@@H](C#N)OC(=O)c1cc(-c2ccccc2)nc2c1cnn2Cc1ccc(Cl)cc1. The molecule has 2 aromatic carbocycles. The van der Waals surface area contributed by atoms with E-state index in [2.05, 4.69) is 5.10 Å². The van der Waals surface area contributed by atoms with Crippen LogP contribution >= 0.6 is 11.6 Å². The summed E-state index contributed by atoms with van der Waals surface area (Å²) in [5, 5.41) is 14.7. The lowest BCUT2D eigenvalue weighted by atomic mass is 10.1. The molecule has 6 nitrogen and oxygen atoms in total. The maximum absolute atomic E-state index is 12.8. The summed E-state index contributed by atoms with van der Waals surface area (Å²) in [5.74, 6) is -0.584. The molecule has 2 heterocycles. The molecule has 1 atom stereocenters. The molecule has 30 heavy (non-hydrogen) atoms. The van der Waals surface area contributed by atoms with Crippen molar-refractivity contribution < 1.29 is 9.53 Å². The first-order valence-electron chi connectivity index (χ1n) is 9.32. The minimum atomic E-state index is -0.856. The number of fused-ring (bicyclic) bond motifs is 1. The fourth-order valence-corrected chi connectivity index (χ4v) is 3.23. The highest BCUT2D eigenvalue weighted by atomic mass is 35.5. The molecule has 0 radical (unpaired) electrons. The molecule has 0 amide bonds. The van der Waals surface area contributed by atoms with Gasteiger partial charge in [0, 0.05) is 10.6 Å². The van der Waals surface area contributed by atoms with Crippen LogP contribution in [0.1, 0.15) is 22.8 Å². The van der Waals surface area contributed by atoms with Gasteiger partial charge in [0.1, 0.15) is 6.07 Å². The zero-order chi connectivity index (χ0) is 21.1. The van der Waals surface area contributed by atoms with E-state index in [4.69, 9.17) is 26.6 Å². The lowest BCUT2D eigenvalue weighted by molar-refractivity contribution is 0.0438. The average Bonchev–Trinajstić information content (AvgIpc) is 3.17. The van der Waals surface area contributed by atoms with Crippen LogP contribution in [0.2, 0.25) is 5.02 Å². The standard InChI is InChI=1S/C23H17ClN4O2/c1-15(12-25)30-23(29)19-11-21(17-5-3-2-4-6-17)27-22-20(19)13-26-28(22)14-16-7-9-18(24)10-8-16/h2-11,13,15H,14H2,1H3/t15-/m0/s1. The molecule has 4 rings (SSSR count). The molecule has 148 valence electrons. The number of nitrogens with zero attached hydrogens (tertiary/aromatic N) is 4. The van der Waals surface area contributed by atoms with E-state index in [1.54, 1.807) is 16.9 Å². The third-order valence-electron chi connectivity index (χ3n) is 4.61. The maximum atomic E-state index is 12.8. The number of rotatable bonds is 5. The van der Waals surface area contributed by atoms with Crippen molar-refractivity contribution in [3.63, 3.8) is 0 Å². The van der Waals surface area contributed by atoms with Crippen molar-refractivity contribution in [2.24, 2.45) is 0 Å². The van der Waals surface area contributed by atoms with Gasteiger partial charge >= 0.3 is 5.97 Å². The van der Waals surface area contributed by atoms with Gasteiger partial charge in [-0.2, -0.15) is 10.4 Å². The van der Waals surface area contributed by atoms with Crippen LogP contribution in [-0.4, -0.2) is 26.8 Å². The zero-order valence-corrected chi connectivity index (χ0v) is 16.9. The lowest BCUT2D eigenvalue weighted by Crippen LogP contribution is -2.14. The topological polar surface area (TPSA) is 80.8 Å². The largest absolute Gasteiger partial charge is 0.444 e. The highest BCUT2D eigenvalue weighted by Crippen LogP contribution is 2.26. The fraction of sp³-hybridized carbons (Fsp3) is 0.130. The van der Waals surface area contributed by atoms with Crippen LogP contribution in [0.25, 0.3) is 22.3 Å². The lowest BCUT2D eigenvalue weighted by Gasteiger charge is -2.10. The van der Waals surface area contributed by atoms with Crippen LogP contribution in [0.5, 0.6) is 0 Å². The monoisotopic (exact) mass is 416 g/mol. The zero-order valence-electron chi connectivity index (χ0n) is 16.1. The Bertz CT molecular complexity index is 1240. The quantitative estimate of drug-likeness (QED) is 0.433. The minimum absolute atomic E-state index is 0.323. The summed E-state index contributed by atoms with van der Waals surface area (Å²) < 4.78 is 6.98. The van der Waals surface area contributed by atoms with Gasteiger partial charge in [-0.25, -0.2) is 14.5 Å². The molecule has 0 N–H and O–H groups in total. The first kappa shape index (κ1) is 19.6. The summed E-state index contributed by atoms with van der Waals surface area (Å²) in [4.78, 5) is 17.5. The molecule has 0 aliphatic rings. The van der Waals surface area contributed by atoms with Crippen molar-refractivity contribution in [3.8, 4) is 17.3 Å². The van der Waals surface area contributed by atoms with E-state index in [9.17, 15) is 4.79 Å². The second-order valence-corrected chi connectivity index (χ2v) is 7.20. The summed E-state index contributed by atoms with van der Waals surface area (Å²) in [6.45, 7) is 1.99. The number of nitriles is 1. The van der Waals surface area contributed by atoms with Crippen molar-refractivity contribution in [1.82, 2.24) is 14.8 Å². The minimum Gasteiger partial charge on any atom is -0.444 e. The third kappa shape index (κ3) is 4.02. The van der Waals surface area contributed by atoms with Crippen LogP contribution in [0.3, 0.4) is 0 Å². The third-order valence-corrected chi connectivity index (χ3v) is 4.86. The van der Waals surface area contributed by atoms with E-state index >= 15 is 0 Å². The summed E-state index contributed by atoms with van der Waals surface area (Å²) >= 11 is 5.98. The van der Waals surface area contributed by atoms with E-state index in [1.807, 2.05) is 60.7 Å². The summed E-state index contributed by atoms with van der Waals surface area (Å²) in [6.07, 6.45) is 0.741. The molecule has 0 aliphatic heterocycles. The predicted octanol–water partition coefficient (Wildman–Crippen LogP) is 4.87. The second-order valence-electron chi connectivity index (χ2n) is 6.76. The highest BCUT2D eigenvalue weighted by Gasteiger charge is 2.20. The predicted molar refractivity (Wildman–Crippen MR) is 114 cm³/mol. The van der Waals surface area contributed by atoms with Crippen LogP contribution in [0.4, 0.5) is 0 Å². The molecule has 0 fully saturated rings. The number of hydrogen-bond donors (Lipinski definition) is 0. The molecule has 2 aromatic heterocycles. The molecule has 4 aromatic rings. The molecule has 7 heteroatoms. The van der Waals surface area contributed by atoms with Crippen LogP contribution in [0.15, 0.2) is 66.9 Å². The van der Waals surface area contributed by atoms with Gasteiger partial charge in [-0.3, -0.25) is 0 Å². The van der Waals surface area contributed by atoms with Crippen molar-refractivity contribution in [2.45, 2.75) is 19.6 Å². The average molecular weight is 417 g/mol. The number of halogens is 1. The number of aromatic nitrogens is 3. The molecule has 0 unspecified atom stereocenters. The first-order chi connectivity index (χ1) is 14.5. The van der Waals surface area contributed by atoms with Gasteiger partial charge in [0.2, 0.25) is 0 Å². The number of benzene rings is 2. The summed E-state index contributed by atoms with van der Waals surface area (Å²) in [5.41, 5.74) is 3.36. The van der Waals surface area contributed by atoms with Gasteiger partial charge in [-0.1, -0.05) is 54.1 Å². The number of hydrogen-bond acceptors (Lipinski definition) is 5. The Labute approximate surface area is 178 Å². The van der Waals surface area contributed by atoms with Crippen molar-refractivity contribution in [1.29, 1.82) is 5.26 Å². The van der Waals surface area contributed by atoms with E-state index in [-0.39, 0.29) is 0 Å². The Morgan fingerprint density at radius 3 is 2.63 bits per heavy atom. The Kier molecular flexibility index (Phi) is 5.46. The van der Waals surface area contributed by atoms with Gasteiger partial charge in [0.05, 0.1) is 29.4 Å². The van der Waals surface area contributed by atoms with Crippen molar-refractivity contribution >= 4 is 28.6 Å². The number of ether oxygens (including phenoxy) is 1. The van der Waals surface area contributed by atoms with E-state index in [0.717, 1.165) is 11.1 Å². The first-order valence-corrected chi connectivity index (χ1v) is 9.70. The van der Waals surface area contributed by atoms with Crippen LogP contribution in [0, 0.1) is 11.3 Å². The van der Waals surface area contributed by atoms with E-state index < -0.39 is 12.1 Å². The van der Waals surface area contributed by atoms with Gasteiger partial charge in [-0.05, 0) is 30.7 Å². The van der Waals surface area contributed by atoms with Gasteiger partial charge in [-0.15, -0.1) is 0 Å². The second kappa shape index (κ2) is 8.36. The molecule has 0 saturated carbocycles. The summed E-state index contributed by atoms with van der Waals surface area (Å²) in [7, 11) is 0. The normalized spacial score (nSPS) is 11.8. The Balaban J connectivity index is 1.83. The number of pyridine rings is 1.